The van der Waals surface area contributed by atoms with Crippen molar-refractivity contribution in [2.45, 2.75) is 52.9 Å². The Morgan fingerprint density at radius 1 is 1.44 bits per heavy atom. The maximum atomic E-state index is 12.3. The molecule has 5 heteroatoms. The molecule has 0 bridgehead atoms. The maximum Gasteiger partial charge on any atom is 0.264 e. The lowest BCUT2D eigenvalue weighted by Gasteiger charge is -2.15. The van der Waals surface area contributed by atoms with Crippen LogP contribution in [0.4, 0.5) is 5.13 Å². The molecular weight excluding hydrogens is 332 g/mol. The number of ether oxygens (including phenoxy) is 1. The highest BCUT2D eigenvalue weighted by Crippen LogP contribution is 2.32. The Morgan fingerprint density at radius 3 is 3.00 bits per heavy atom. The second-order valence-electron chi connectivity index (χ2n) is 7.27. The van der Waals surface area contributed by atoms with Crippen molar-refractivity contribution in [2.24, 2.45) is 5.92 Å². The minimum absolute atomic E-state index is 0.00379. The second-order valence-corrected chi connectivity index (χ2v) is 8.35. The Bertz CT molecular complexity index is 767. The number of aryl methyl sites for hydroxylation is 2. The van der Waals surface area contributed by atoms with Gasteiger partial charge in [0.05, 0.1) is 5.69 Å². The number of carbonyl (C=O) groups excluding carboxylic acids is 1. The molecule has 4 nitrogen and oxygen atoms in total. The van der Waals surface area contributed by atoms with Crippen molar-refractivity contribution in [1.29, 1.82) is 0 Å². The summed E-state index contributed by atoms with van der Waals surface area (Å²) in [5.41, 5.74) is 3.40. The monoisotopic (exact) mass is 358 g/mol. The average molecular weight is 359 g/mol. The van der Waals surface area contributed by atoms with Crippen LogP contribution >= 0.6 is 11.3 Å². The number of benzene rings is 1. The summed E-state index contributed by atoms with van der Waals surface area (Å²) in [5, 5.41) is 3.59. The highest BCUT2D eigenvalue weighted by molar-refractivity contribution is 7.15. The van der Waals surface area contributed by atoms with Crippen molar-refractivity contribution in [3.63, 3.8) is 0 Å². The predicted molar refractivity (Wildman–Crippen MR) is 103 cm³/mol. The van der Waals surface area contributed by atoms with E-state index in [4.69, 9.17) is 4.74 Å². The normalized spacial score (nSPS) is 16.6. The van der Waals surface area contributed by atoms with E-state index in [0.29, 0.717) is 17.0 Å². The largest absolute Gasteiger partial charge is 0.483 e. The van der Waals surface area contributed by atoms with Gasteiger partial charge in [-0.2, -0.15) is 0 Å². The van der Waals surface area contributed by atoms with Crippen LogP contribution in [0.2, 0.25) is 0 Å². The molecule has 0 saturated heterocycles. The van der Waals surface area contributed by atoms with E-state index < -0.39 is 0 Å². The Hall–Kier alpha value is -1.88. The Kier molecular flexibility index (Phi) is 5.42. The predicted octanol–water partition coefficient (Wildman–Crippen LogP) is 4.72. The van der Waals surface area contributed by atoms with E-state index >= 15 is 0 Å². The molecule has 1 atom stereocenters. The van der Waals surface area contributed by atoms with Gasteiger partial charge in [-0.05, 0) is 55.2 Å². The molecule has 2 aromatic rings. The molecule has 0 aliphatic heterocycles. The number of carbonyl (C=O) groups is 1. The van der Waals surface area contributed by atoms with Crippen LogP contribution < -0.4 is 10.1 Å². The van der Waals surface area contributed by atoms with Crippen molar-refractivity contribution in [3.8, 4) is 5.75 Å². The zero-order valence-electron chi connectivity index (χ0n) is 15.4. The number of hydrogen-bond acceptors (Lipinski definition) is 4. The van der Waals surface area contributed by atoms with Crippen LogP contribution in [0, 0.1) is 12.8 Å². The van der Waals surface area contributed by atoms with E-state index in [1.165, 1.54) is 11.3 Å². The fourth-order valence-corrected chi connectivity index (χ4v) is 4.32. The Balaban J connectivity index is 1.61. The van der Waals surface area contributed by atoms with Crippen molar-refractivity contribution >= 4 is 22.4 Å². The van der Waals surface area contributed by atoms with Crippen molar-refractivity contribution in [3.05, 3.63) is 39.9 Å². The summed E-state index contributed by atoms with van der Waals surface area (Å²) in [4.78, 5) is 18.1. The number of nitrogens with one attached hydrogen (secondary N) is 1. The van der Waals surface area contributed by atoms with Gasteiger partial charge in [0.25, 0.3) is 5.91 Å². The standard InChI is InChI=1S/C20H26N2O2S/c1-12(2)15-7-5-13(3)9-17(15)24-11-19(23)22-20-21-16-8-6-14(4)10-18(16)25-20/h5,7,9,12,14H,6,8,10-11H2,1-4H3,(H,21,22,23)/t14-/m1/s1. The Morgan fingerprint density at radius 2 is 2.24 bits per heavy atom. The summed E-state index contributed by atoms with van der Waals surface area (Å²) in [5.74, 6) is 1.69. The minimum Gasteiger partial charge on any atom is -0.483 e. The highest BCUT2D eigenvalue weighted by atomic mass is 32.1. The van der Waals surface area contributed by atoms with E-state index in [0.717, 1.165) is 35.4 Å². The molecule has 3 rings (SSSR count). The lowest BCUT2D eigenvalue weighted by Crippen LogP contribution is -2.20. The van der Waals surface area contributed by atoms with Crippen LogP contribution in [0.25, 0.3) is 0 Å². The third kappa shape index (κ3) is 4.40. The molecule has 0 fully saturated rings. The van der Waals surface area contributed by atoms with E-state index in [-0.39, 0.29) is 12.5 Å². The van der Waals surface area contributed by atoms with Gasteiger partial charge in [-0.25, -0.2) is 4.98 Å². The molecule has 0 spiro atoms. The van der Waals surface area contributed by atoms with Crippen LogP contribution in [0.15, 0.2) is 18.2 Å². The van der Waals surface area contributed by atoms with Crippen LogP contribution in [0.1, 0.15) is 54.8 Å². The number of anilines is 1. The molecule has 1 N–H and O–H groups in total. The third-order valence-corrected chi connectivity index (χ3v) is 5.62. The van der Waals surface area contributed by atoms with Gasteiger partial charge in [-0.3, -0.25) is 10.1 Å². The lowest BCUT2D eigenvalue weighted by molar-refractivity contribution is -0.118. The fraction of sp³-hybridized carbons (Fsp3) is 0.500. The smallest absolute Gasteiger partial charge is 0.264 e. The first-order valence-corrected chi connectivity index (χ1v) is 9.75. The summed E-state index contributed by atoms with van der Waals surface area (Å²) >= 11 is 1.60. The molecule has 0 saturated carbocycles. The van der Waals surface area contributed by atoms with Crippen molar-refractivity contribution in [2.75, 3.05) is 11.9 Å². The summed E-state index contributed by atoms with van der Waals surface area (Å²) < 4.78 is 5.80. The van der Waals surface area contributed by atoms with Gasteiger partial charge in [0.2, 0.25) is 0 Å². The molecule has 25 heavy (non-hydrogen) atoms. The van der Waals surface area contributed by atoms with Gasteiger partial charge in [-0.15, -0.1) is 11.3 Å². The molecule has 1 amide bonds. The average Bonchev–Trinajstić information content (AvgIpc) is 2.93. The van der Waals surface area contributed by atoms with Gasteiger partial charge in [0.15, 0.2) is 11.7 Å². The topological polar surface area (TPSA) is 51.2 Å². The molecule has 1 aliphatic carbocycles. The van der Waals surface area contributed by atoms with Crippen molar-refractivity contribution < 1.29 is 9.53 Å². The molecule has 1 heterocycles. The number of fused-ring (bicyclic) bond motifs is 1. The zero-order valence-corrected chi connectivity index (χ0v) is 16.2. The number of thiazole rings is 1. The summed E-state index contributed by atoms with van der Waals surface area (Å²) in [6.07, 6.45) is 3.26. The number of amides is 1. The minimum atomic E-state index is -0.157. The lowest BCUT2D eigenvalue weighted by atomic mass is 9.93. The number of aromatic nitrogens is 1. The first-order valence-electron chi connectivity index (χ1n) is 8.94. The molecular formula is C20H26N2O2S. The van der Waals surface area contributed by atoms with Crippen LogP contribution in [-0.2, 0) is 17.6 Å². The Labute approximate surface area is 153 Å². The number of nitrogens with zero attached hydrogens (tertiary/aromatic N) is 1. The van der Waals surface area contributed by atoms with Crippen LogP contribution in [-0.4, -0.2) is 17.5 Å². The first kappa shape index (κ1) is 17.9. The van der Waals surface area contributed by atoms with Crippen LogP contribution in [0.5, 0.6) is 5.75 Å². The van der Waals surface area contributed by atoms with E-state index in [9.17, 15) is 4.79 Å². The third-order valence-electron chi connectivity index (χ3n) is 4.58. The molecule has 1 aliphatic rings. The molecule has 0 radical (unpaired) electrons. The van der Waals surface area contributed by atoms with Gasteiger partial charge in [0, 0.05) is 4.88 Å². The number of rotatable bonds is 5. The van der Waals surface area contributed by atoms with Gasteiger partial charge < -0.3 is 4.74 Å². The molecule has 134 valence electrons. The maximum absolute atomic E-state index is 12.3. The van der Waals surface area contributed by atoms with Crippen LogP contribution in [0.3, 0.4) is 0 Å². The molecule has 1 aromatic carbocycles. The summed E-state index contributed by atoms with van der Waals surface area (Å²) in [6.45, 7) is 8.54. The quantitative estimate of drug-likeness (QED) is 0.841. The highest BCUT2D eigenvalue weighted by Gasteiger charge is 2.20. The molecule has 1 aromatic heterocycles. The summed E-state index contributed by atoms with van der Waals surface area (Å²) in [6, 6.07) is 6.14. The van der Waals surface area contributed by atoms with Crippen molar-refractivity contribution in [1.82, 2.24) is 4.98 Å². The van der Waals surface area contributed by atoms with E-state index in [1.807, 2.05) is 13.0 Å². The first-order chi connectivity index (χ1) is 11.9. The van der Waals surface area contributed by atoms with E-state index in [1.54, 1.807) is 11.3 Å². The number of hydrogen-bond donors (Lipinski definition) is 1. The zero-order chi connectivity index (χ0) is 18.0. The second kappa shape index (κ2) is 7.56. The van der Waals surface area contributed by atoms with E-state index in [2.05, 4.69) is 43.2 Å². The van der Waals surface area contributed by atoms with Gasteiger partial charge in [0.1, 0.15) is 5.75 Å². The summed E-state index contributed by atoms with van der Waals surface area (Å²) in [7, 11) is 0. The SMILES string of the molecule is Cc1ccc(C(C)C)c(OCC(=O)Nc2nc3c(s2)C[C@H](C)CC3)c1. The molecule has 0 unspecified atom stereocenters. The van der Waals surface area contributed by atoms with Gasteiger partial charge in [-0.1, -0.05) is 32.9 Å². The van der Waals surface area contributed by atoms with Gasteiger partial charge >= 0.3 is 0 Å². The fourth-order valence-electron chi connectivity index (χ4n) is 3.14.